The third-order valence-electron chi connectivity index (χ3n) is 2.57. The van der Waals surface area contributed by atoms with Crippen LogP contribution < -0.4 is 5.32 Å². The summed E-state index contributed by atoms with van der Waals surface area (Å²) in [6, 6.07) is -0.168. The molecule has 1 N–H and O–H groups in total. The zero-order valence-corrected chi connectivity index (χ0v) is 12.0. The van der Waals surface area contributed by atoms with Crippen molar-refractivity contribution in [1.82, 2.24) is 5.32 Å². The summed E-state index contributed by atoms with van der Waals surface area (Å²) in [5, 5.41) is 3.73. The van der Waals surface area contributed by atoms with Crippen molar-refractivity contribution in [2.24, 2.45) is 5.92 Å². The molecule has 0 radical (unpaired) electrons. The van der Waals surface area contributed by atoms with E-state index in [1.165, 1.54) is 0 Å². The number of rotatable bonds is 4. The van der Waals surface area contributed by atoms with E-state index in [-0.39, 0.29) is 6.42 Å². The molecular weight excluding hydrogens is 360 g/mol. The highest BCUT2D eigenvalue weighted by Gasteiger charge is 2.59. The van der Waals surface area contributed by atoms with Crippen LogP contribution in [-0.4, -0.2) is 25.4 Å². The van der Waals surface area contributed by atoms with E-state index in [1.807, 2.05) is 0 Å². The summed E-state index contributed by atoms with van der Waals surface area (Å²) in [7, 11) is 1.09. The molecule has 0 aliphatic carbocycles. The second kappa shape index (κ2) is 6.01. The predicted molar refractivity (Wildman–Crippen MR) is 64.2 cm³/mol. The minimum atomic E-state index is -5.34. The highest BCUT2D eigenvalue weighted by molar-refractivity contribution is 9.10. The van der Waals surface area contributed by atoms with Gasteiger partial charge in [0.15, 0.2) is 5.92 Å². The number of hydrogen-bond acceptors (Lipinski definition) is 2. The Morgan fingerprint density at radius 2 is 1.74 bits per heavy atom. The van der Waals surface area contributed by atoms with E-state index in [0.717, 1.165) is 18.4 Å². The molecule has 1 atom stereocenters. The van der Waals surface area contributed by atoms with Gasteiger partial charge in [0, 0.05) is 15.4 Å². The van der Waals surface area contributed by atoms with Crippen molar-refractivity contribution < 1.29 is 26.3 Å². The zero-order valence-electron chi connectivity index (χ0n) is 9.57. The van der Waals surface area contributed by atoms with Gasteiger partial charge in [0.25, 0.3) is 0 Å². The summed E-state index contributed by atoms with van der Waals surface area (Å²) in [4.78, 5) is 0.442. The van der Waals surface area contributed by atoms with Crippen LogP contribution in [0.5, 0.6) is 0 Å². The summed E-state index contributed by atoms with van der Waals surface area (Å²) in [6.07, 6.45) is -11.0. The lowest BCUT2D eigenvalue weighted by Gasteiger charge is -2.30. The molecular formula is C10H10BrF6NS. The van der Waals surface area contributed by atoms with E-state index in [0.29, 0.717) is 9.35 Å². The van der Waals surface area contributed by atoms with Crippen LogP contribution in [-0.2, 0) is 6.42 Å². The SMILES string of the molecule is CNC(Cc1sccc1Br)C(C(F)(F)F)C(F)(F)F. The first kappa shape index (κ1) is 16.8. The Bertz CT molecular complexity index is 399. The monoisotopic (exact) mass is 369 g/mol. The third-order valence-corrected chi connectivity index (χ3v) is 4.52. The van der Waals surface area contributed by atoms with Crippen molar-refractivity contribution in [2.75, 3.05) is 7.05 Å². The van der Waals surface area contributed by atoms with Gasteiger partial charge < -0.3 is 5.32 Å². The molecule has 19 heavy (non-hydrogen) atoms. The van der Waals surface area contributed by atoms with Gasteiger partial charge in [-0.2, -0.15) is 26.3 Å². The van der Waals surface area contributed by atoms with Gasteiger partial charge in [-0.1, -0.05) is 0 Å². The minimum Gasteiger partial charge on any atom is -0.316 e. The lowest BCUT2D eigenvalue weighted by atomic mass is 9.95. The van der Waals surface area contributed by atoms with Gasteiger partial charge >= 0.3 is 12.4 Å². The Morgan fingerprint density at radius 3 is 2.05 bits per heavy atom. The molecule has 0 aliphatic rings. The summed E-state index contributed by atoms with van der Waals surface area (Å²) in [5.74, 6) is -3.39. The number of thiophene rings is 1. The third kappa shape index (κ3) is 4.35. The molecule has 110 valence electrons. The van der Waals surface area contributed by atoms with Crippen LogP contribution in [0.15, 0.2) is 15.9 Å². The molecule has 1 heterocycles. The topological polar surface area (TPSA) is 12.0 Å². The van der Waals surface area contributed by atoms with Gasteiger partial charge in [-0.25, -0.2) is 0 Å². The molecule has 0 amide bonds. The fraction of sp³-hybridized carbons (Fsp3) is 0.600. The Kier molecular flexibility index (Phi) is 5.30. The maximum atomic E-state index is 12.6. The van der Waals surface area contributed by atoms with Crippen molar-refractivity contribution in [3.05, 3.63) is 20.8 Å². The summed E-state index contributed by atoms with van der Waals surface area (Å²) < 4.78 is 76.2. The standard InChI is InChI=1S/C10H10BrF6NS/c1-18-6(4-7-5(11)2-3-19-7)8(9(12,13)14)10(15,16)17/h2-3,6,8,18H,4H2,1H3. The van der Waals surface area contributed by atoms with E-state index < -0.39 is 24.3 Å². The van der Waals surface area contributed by atoms with E-state index in [9.17, 15) is 26.3 Å². The van der Waals surface area contributed by atoms with Gasteiger partial charge in [0.05, 0.1) is 0 Å². The number of alkyl halides is 6. The number of halogens is 7. The molecule has 0 bridgehead atoms. The smallest absolute Gasteiger partial charge is 0.316 e. The van der Waals surface area contributed by atoms with E-state index in [1.54, 1.807) is 11.4 Å². The van der Waals surface area contributed by atoms with Gasteiger partial charge in [-0.05, 0) is 40.8 Å². The minimum absolute atomic E-state index is 0.349. The molecule has 1 aromatic rings. The largest absolute Gasteiger partial charge is 0.402 e. The van der Waals surface area contributed by atoms with Crippen LogP contribution >= 0.6 is 27.3 Å². The Labute approximate surface area is 118 Å². The normalized spacial score (nSPS) is 15.0. The lowest BCUT2D eigenvalue weighted by molar-refractivity contribution is -0.291. The molecule has 0 saturated carbocycles. The molecule has 0 spiro atoms. The average Bonchev–Trinajstić information content (AvgIpc) is 2.59. The number of likely N-dealkylation sites (N-methyl/N-ethyl adjacent to an activating group) is 1. The van der Waals surface area contributed by atoms with Crippen LogP contribution in [0.4, 0.5) is 26.3 Å². The van der Waals surface area contributed by atoms with Crippen molar-refractivity contribution in [1.29, 1.82) is 0 Å². The summed E-state index contributed by atoms with van der Waals surface area (Å²) in [5.41, 5.74) is 0. The molecule has 9 heteroatoms. The Balaban J connectivity index is 3.01. The van der Waals surface area contributed by atoms with Crippen LogP contribution in [0, 0.1) is 5.92 Å². The van der Waals surface area contributed by atoms with Crippen LogP contribution in [0.2, 0.25) is 0 Å². The van der Waals surface area contributed by atoms with E-state index >= 15 is 0 Å². The van der Waals surface area contributed by atoms with Gasteiger partial charge in [-0.3, -0.25) is 0 Å². The average molecular weight is 370 g/mol. The quantitative estimate of drug-likeness (QED) is 0.776. The van der Waals surface area contributed by atoms with Crippen LogP contribution in [0.3, 0.4) is 0 Å². The molecule has 0 aromatic carbocycles. The van der Waals surface area contributed by atoms with Crippen molar-refractivity contribution in [3.63, 3.8) is 0 Å². The molecule has 0 aliphatic heterocycles. The first-order valence-electron chi connectivity index (χ1n) is 5.10. The van der Waals surface area contributed by atoms with Crippen molar-refractivity contribution in [2.45, 2.75) is 24.8 Å². The van der Waals surface area contributed by atoms with Crippen molar-refractivity contribution in [3.8, 4) is 0 Å². The van der Waals surface area contributed by atoms with Gasteiger partial charge in [0.1, 0.15) is 0 Å². The molecule has 1 rings (SSSR count). The van der Waals surface area contributed by atoms with E-state index in [2.05, 4.69) is 21.2 Å². The van der Waals surface area contributed by atoms with Gasteiger partial charge in [-0.15, -0.1) is 11.3 Å². The maximum Gasteiger partial charge on any atom is 0.402 e. The molecule has 0 saturated heterocycles. The molecule has 0 fully saturated rings. The molecule has 1 unspecified atom stereocenters. The number of hydrogen-bond donors (Lipinski definition) is 1. The zero-order chi connectivity index (χ0) is 14.8. The molecule has 1 nitrogen and oxygen atoms in total. The van der Waals surface area contributed by atoms with Crippen molar-refractivity contribution >= 4 is 27.3 Å². The predicted octanol–water partition coefficient (Wildman–Crippen LogP) is 4.38. The molecule has 1 aromatic heterocycles. The highest BCUT2D eigenvalue weighted by atomic mass is 79.9. The van der Waals surface area contributed by atoms with Crippen LogP contribution in [0.1, 0.15) is 4.88 Å². The second-order valence-corrected chi connectivity index (χ2v) is 5.71. The number of nitrogens with one attached hydrogen (secondary N) is 1. The lowest BCUT2D eigenvalue weighted by Crippen LogP contribution is -2.51. The fourth-order valence-corrected chi connectivity index (χ4v) is 3.27. The summed E-state index contributed by atoms with van der Waals surface area (Å²) in [6.45, 7) is 0. The van der Waals surface area contributed by atoms with Crippen LogP contribution in [0.25, 0.3) is 0 Å². The first-order valence-corrected chi connectivity index (χ1v) is 6.77. The highest BCUT2D eigenvalue weighted by Crippen LogP contribution is 2.42. The maximum absolute atomic E-state index is 12.6. The fourth-order valence-electron chi connectivity index (χ4n) is 1.70. The Hall–Kier alpha value is -0.280. The summed E-state index contributed by atoms with van der Waals surface area (Å²) >= 11 is 4.20. The second-order valence-electron chi connectivity index (χ2n) is 3.85. The van der Waals surface area contributed by atoms with E-state index in [4.69, 9.17) is 0 Å². The van der Waals surface area contributed by atoms with Gasteiger partial charge in [0.2, 0.25) is 0 Å². The first-order chi connectivity index (χ1) is 8.57. The Morgan fingerprint density at radius 1 is 1.21 bits per heavy atom.